The zero-order valence-corrected chi connectivity index (χ0v) is 17.0. The topological polar surface area (TPSA) is 66.6 Å². The van der Waals surface area contributed by atoms with Crippen molar-refractivity contribution < 1.29 is 9.90 Å². The van der Waals surface area contributed by atoms with Gasteiger partial charge in [-0.05, 0) is 41.5 Å². The van der Waals surface area contributed by atoms with E-state index in [-0.39, 0.29) is 0 Å². The van der Waals surface area contributed by atoms with Gasteiger partial charge >= 0.3 is 5.97 Å². The number of fused-ring (bicyclic) bond motifs is 2. The van der Waals surface area contributed by atoms with Crippen LogP contribution in [0.15, 0.2) is 60.7 Å². The second-order valence-electron chi connectivity index (χ2n) is 6.95. The monoisotopic (exact) mass is 410 g/mol. The van der Waals surface area contributed by atoms with Crippen molar-refractivity contribution in [2.75, 3.05) is 6.54 Å². The maximum Gasteiger partial charge on any atom is 0.320 e. The first-order valence-corrected chi connectivity index (χ1v) is 10.9. The minimum absolute atomic E-state index is 0.436. The predicted molar refractivity (Wildman–Crippen MR) is 118 cm³/mol. The molecule has 1 unspecified atom stereocenters. The van der Waals surface area contributed by atoms with Crippen molar-refractivity contribution in [1.82, 2.24) is 4.90 Å². The molecular weight excluding hydrogens is 388 g/mol. The van der Waals surface area contributed by atoms with Crippen molar-refractivity contribution in [2.24, 2.45) is 5.73 Å². The molecule has 3 N–H and O–H groups in total. The van der Waals surface area contributed by atoms with Crippen LogP contribution < -0.4 is 5.73 Å². The largest absolute Gasteiger partial charge is 0.480 e. The van der Waals surface area contributed by atoms with Crippen LogP contribution in [0.4, 0.5) is 0 Å². The first kappa shape index (κ1) is 19.1. The fraction of sp³-hybridized carbons (Fsp3) is 0.227. The number of rotatable bonds is 8. The lowest BCUT2D eigenvalue weighted by atomic mass is 10.2. The van der Waals surface area contributed by atoms with Crippen molar-refractivity contribution >= 4 is 48.8 Å². The number of thiophene rings is 2. The van der Waals surface area contributed by atoms with Gasteiger partial charge in [0.25, 0.3) is 0 Å². The maximum absolute atomic E-state index is 11.1. The Bertz CT molecular complexity index is 960. The highest BCUT2D eigenvalue weighted by Gasteiger charge is 2.16. The van der Waals surface area contributed by atoms with E-state index in [1.54, 1.807) is 22.7 Å². The van der Waals surface area contributed by atoms with Crippen LogP contribution in [0.3, 0.4) is 0 Å². The van der Waals surface area contributed by atoms with Crippen LogP contribution in [0, 0.1) is 0 Å². The average Bonchev–Trinajstić information content (AvgIpc) is 3.28. The van der Waals surface area contributed by atoms with E-state index in [2.05, 4.69) is 65.6 Å². The minimum atomic E-state index is -0.941. The molecule has 0 aliphatic rings. The number of aliphatic carboxylic acids is 1. The maximum atomic E-state index is 11.1. The van der Waals surface area contributed by atoms with Crippen LogP contribution in [-0.4, -0.2) is 28.6 Å². The molecule has 0 amide bonds. The summed E-state index contributed by atoms with van der Waals surface area (Å²) in [4.78, 5) is 16.0. The van der Waals surface area contributed by atoms with Gasteiger partial charge in [0.1, 0.15) is 6.04 Å². The van der Waals surface area contributed by atoms with Gasteiger partial charge < -0.3 is 10.8 Å². The van der Waals surface area contributed by atoms with E-state index in [9.17, 15) is 4.79 Å². The Morgan fingerprint density at radius 2 is 1.43 bits per heavy atom. The summed E-state index contributed by atoms with van der Waals surface area (Å²) in [6.45, 7) is 2.23. The molecule has 0 saturated heterocycles. The van der Waals surface area contributed by atoms with Crippen LogP contribution >= 0.6 is 22.7 Å². The van der Waals surface area contributed by atoms with Gasteiger partial charge in [-0.3, -0.25) is 9.69 Å². The predicted octanol–water partition coefficient (Wildman–Crippen LogP) is 4.92. The number of carboxylic acids is 1. The molecule has 0 radical (unpaired) electrons. The Balaban J connectivity index is 1.54. The summed E-state index contributed by atoms with van der Waals surface area (Å²) in [6, 6.07) is 20.4. The number of carboxylic acid groups (broad SMARTS) is 1. The molecule has 144 valence electrons. The van der Waals surface area contributed by atoms with E-state index in [4.69, 9.17) is 10.8 Å². The molecule has 6 heteroatoms. The molecule has 2 heterocycles. The molecule has 0 aliphatic heterocycles. The van der Waals surface area contributed by atoms with Gasteiger partial charge in [0.05, 0.1) is 0 Å². The van der Waals surface area contributed by atoms with Crippen LogP contribution in [0.1, 0.15) is 16.2 Å². The molecule has 2 aromatic carbocycles. The third-order valence-electron chi connectivity index (χ3n) is 4.79. The van der Waals surface area contributed by atoms with Crippen LogP contribution in [0.25, 0.3) is 20.2 Å². The van der Waals surface area contributed by atoms with E-state index < -0.39 is 12.0 Å². The third kappa shape index (κ3) is 4.42. The van der Waals surface area contributed by atoms with Crippen molar-refractivity contribution in [3.8, 4) is 0 Å². The molecule has 4 rings (SSSR count). The van der Waals surface area contributed by atoms with E-state index in [1.165, 1.54) is 29.9 Å². The highest BCUT2D eigenvalue weighted by atomic mass is 32.1. The number of hydrogen-bond acceptors (Lipinski definition) is 5. The molecule has 0 fully saturated rings. The molecule has 2 aromatic heterocycles. The van der Waals surface area contributed by atoms with Gasteiger partial charge in [-0.2, -0.15) is 0 Å². The Morgan fingerprint density at radius 3 is 1.89 bits per heavy atom. The van der Waals surface area contributed by atoms with E-state index in [1.807, 2.05) is 0 Å². The smallest absolute Gasteiger partial charge is 0.320 e. The van der Waals surface area contributed by atoms with Gasteiger partial charge in [0, 0.05) is 38.8 Å². The van der Waals surface area contributed by atoms with E-state index in [0.29, 0.717) is 13.0 Å². The van der Waals surface area contributed by atoms with Crippen molar-refractivity contribution in [1.29, 1.82) is 0 Å². The van der Waals surface area contributed by atoms with Crippen LogP contribution in [-0.2, 0) is 17.9 Å². The summed E-state index contributed by atoms with van der Waals surface area (Å²) >= 11 is 3.59. The molecule has 0 aliphatic carbocycles. The molecule has 1 atom stereocenters. The van der Waals surface area contributed by atoms with Crippen molar-refractivity contribution in [3.05, 3.63) is 70.4 Å². The standard InChI is InChI=1S/C22H22N2O2S2/c23-19(22(25)26)9-10-24(13-17-11-15-5-1-3-7-20(15)27-17)14-18-12-16-6-2-4-8-21(16)28-18/h1-8,11-12,19H,9-10,13-14,23H2,(H,25,26). The summed E-state index contributed by atoms with van der Waals surface area (Å²) in [7, 11) is 0. The molecular formula is C22H22N2O2S2. The second-order valence-corrected chi connectivity index (χ2v) is 9.28. The Labute approximate surface area is 171 Å². The summed E-state index contributed by atoms with van der Waals surface area (Å²) in [5.41, 5.74) is 5.75. The SMILES string of the molecule is NC(CCN(Cc1cc2ccccc2s1)Cc1cc2ccccc2s1)C(=O)O. The first-order chi connectivity index (χ1) is 13.6. The van der Waals surface area contributed by atoms with E-state index >= 15 is 0 Å². The van der Waals surface area contributed by atoms with Gasteiger partial charge in [0.15, 0.2) is 0 Å². The second kappa shape index (κ2) is 8.41. The average molecular weight is 411 g/mol. The summed E-state index contributed by atoms with van der Waals surface area (Å²) in [5, 5.41) is 11.6. The van der Waals surface area contributed by atoms with Crippen molar-refractivity contribution in [2.45, 2.75) is 25.6 Å². The number of carbonyl (C=O) groups is 1. The highest BCUT2D eigenvalue weighted by molar-refractivity contribution is 7.19. The summed E-state index contributed by atoms with van der Waals surface area (Å²) in [5.74, 6) is -0.941. The fourth-order valence-electron chi connectivity index (χ4n) is 3.33. The lowest BCUT2D eigenvalue weighted by Gasteiger charge is -2.22. The Hall–Kier alpha value is -2.25. The van der Waals surface area contributed by atoms with Gasteiger partial charge in [-0.25, -0.2) is 0 Å². The van der Waals surface area contributed by atoms with Crippen molar-refractivity contribution in [3.63, 3.8) is 0 Å². The van der Waals surface area contributed by atoms with Crippen LogP contribution in [0.2, 0.25) is 0 Å². The first-order valence-electron chi connectivity index (χ1n) is 9.24. The van der Waals surface area contributed by atoms with E-state index in [0.717, 1.165) is 13.1 Å². The zero-order valence-electron chi connectivity index (χ0n) is 15.4. The highest BCUT2D eigenvalue weighted by Crippen LogP contribution is 2.29. The number of nitrogens with two attached hydrogens (primary N) is 1. The number of nitrogens with zero attached hydrogens (tertiary/aromatic N) is 1. The lowest BCUT2D eigenvalue weighted by Crippen LogP contribution is -2.35. The minimum Gasteiger partial charge on any atom is -0.480 e. The molecule has 4 aromatic rings. The van der Waals surface area contributed by atoms with Gasteiger partial charge in [-0.1, -0.05) is 36.4 Å². The third-order valence-corrected chi connectivity index (χ3v) is 6.99. The summed E-state index contributed by atoms with van der Waals surface area (Å²) in [6.07, 6.45) is 0.436. The van der Waals surface area contributed by atoms with Gasteiger partial charge in [0.2, 0.25) is 0 Å². The van der Waals surface area contributed by atoms with Gasteiger partial charge in [-0.15, -0.1) is 22.7 Å². The molecule has 0 bridgehead atoms. The number of benzene rings is 2. The normalized spacial score (nSPS) is 12.8. The van der Waals surface area contributed by atoms with Crippen LogP contribution in [0.5, 0.6) is 0 Å². The summed E-state index contributed by atoms with van der Waals surface area (Å²) < 4.78 is 2.56. The molecule has 28 heavy (non-hydrogen) atoms. The fourth-order valence-corrected chi connectivity index (χ4v) is 5.54. The Kier molecular flexibility index (Phi) is 5.73. The molecule has 0 spiro atoms. The quantitative estimate of drug-likeness (QED) is 0.433. The Morgan fingerprint density at radius 1 is 0.929 bits per heavy atom. The molecule has 4 nitrogen and oxygen atoms in total. The number of hydrogen-bond donors (Lipinski definition) is 2. The zero-order chi connectivity index (χ0) is 19.5. The molecule has 0 saturated carbocycles. The lowest BCUT2D eigenvalue weighted by molar-refractivity contribution is -0.138.